The van der Waals surface area contributed by atoms with Crippen LogP contribution >= 0.6 is 15.9 Å². The maximum atomic E-state index is 11.9. The van der Waals surface area contributed by atoms with E-state index in [1.54, 1.807) is 7.11 Å². The van der Waals surface area contributed by atoms with E-state index in [2.05, 4.69) is 21.2 Å². The number of benzene rings is 1. The van der Waals surface area contributed by atoms with Crippen LogP contribution in [0.3, 0.4) is 0 Å². The zero-order valence-electron chi connectivity index (χ0n) is 12.7. The van der Waals surface area contributed by atoms with Crippen LogP contribution in [0.25, 0.3) is 0 Å². The number of hydrogen-bond acceptors (Lipinski definition) is 4. The molecule has 1 N–H and O–H groups in total. The molecule has 0 fully saturated rings. The molecule has 0 bridgehead atoms. The molecule has 0 radical (unpaired) electrons. The third-order valence-corrected chi connectivity index (χ3v) is 3.43. The Bertz CT molecular complexity index is 465. The highest BCUT2D eigenvalue weighted by Gasteiger charge is 2.13. The van der Waals surface area contributed by atoms with E-state index in [0.717, 1.165) is 10.0 Å². The van der Waals surface area contributed by atoms with Gasteiger partial charge in [0.2, 0.25) is 5.91 Å². The molecule has 0 heterocycles. The minimum Gasteiger partial charge on any atom is -0.490 e. The van der Waals surface area contributed by atoms with Gasteiger partial charge in [0, 0.05) is 18.1 Å². The van der Waals surface area contributed by atoms with Crippen LogP contribution in [0.5, 0.6) is 11.5 Å². The number of hydrogen-bond donors (Lipinski definition) is 1. The minimum absolute atomic E-state index is 0.0561. The second kappa shape index (κ2) is 9.63. The Labute approximate surface area is 134 Å². The summed E-state index contributed by atoms with van der Waals surface area (Å²) in [5, 5.41) is 2.79. The molecule has 0 aliphatic rings. The van der Waals surface area contributed by atoms with E-state index in [1.165, 1.54) is 0 Å². The summed E-state index contributed by atoms with van der Waals surface area (Å²) in [6, 6.07) is 3.68. The Balaban J connectivity index is 2.81. The second-order valence-corrected chi connectivity index (χ2v) is 5.13. The third-order valence-electron chi connectivity index (χ3n) is 2.69. The summed E-state index contributed by atoms with van der Waals surface area (Å²) >= 11 is 3.47. The molecular formula is C15H22BrNO4. The summed E-state index contributed by atoms with van der Waals surface area (Å²) in [5.41, 5.74) is 0.858. The van der Waals surface area contributed by atoms with Crippen molar-refractivity contribution in [3.63, 3.8) is 0 Å². The average molecular weight is 360 g/mol. The normalized spacial score (nSPS) is 10.3. The highest BCUT2D eigenvalue weighted by Crippen LogP contribution is 2.34. The van der Waals surface area contributed by atoms with E-state index in [0.29, 0.717) is 37.9 Å². The molecule has 0 aromatic heterocycles. The highest BCUT2D eigenvalue weighted by atomic mass is 79.9. The summed E-state index contributed by atoms with van der Waals surface area (Å²) in [6.45, 7) is 5.93. The zero-order valence-corrected chi connectivity index (χ0v) is 14.3. The molecule has 0 saturated carbocycles. The van der Waals surface area contributed by atoms with Crippen LogP contribution in [0.15, 0.2) is 16.6 Å². The molecule has 0 saturated heterocycles. The van der Waals surface area contributed by atoms with Crippen LogP contribution in [-0.2, 0) is 16.0 Å². The number of carbonyl (C=O) groups excluding carboxylic acids is 1. The second-order valence-electron chi connectivity index (χ2n) is 4.28. The fraction of sp³-hybridized carbons (Fsp3) is 0.533. The number of amides is 1. The van der Waals surface area contributed by atoms with Crippen LogP contribution in [0.2, 0.25) is 0 Å². The lowest BCUT2D eigenvalue weighted by atomic mass is 10.1. The Morgan fingerprint density at radius 2 is 1.81 bits per heavy atom. The van der Waals surface area contributed by atoms with Crippen LogP contribution in [0.1, 0.15) is 19.4 Å². The SMILES string of the molecule is CCOc1cc(Br)c(CC(=O)NCCOC)cc1OCC. The number of ether oxygens (including phenoxy) is 3. The molecule has 0 spiro atoms. The summed E-state index contributed by atoms with van der Waals surface area (Å²) in [4.78, 5) is 11.9. The van der Waals surface area contributed by atoms with Gasteiger partial charge in [-0.3, -0.25) is 4.79 Å². The Morgan fingerprint density at radius 1 is 1.19 bits per heavy atom. The monoisotopic (exact) mass is 359 g/mol. The first kappa shape index (κ1) is 17.8. The van der Waals surface area contributed by atoms with Gasteiger partial charge < -0.3 is 19.5 Å². The molecule has 118 valence electrons. The van der Waals surface area contributed by atoms with Gasteiger partial charge in [-0.15, -0.1) is 0 Å². The third kappa shape index (κ3) is 5.93. The van der Waals surface area contributed by atoms with Gasteiger partial charge in [-0.05, 0) is 31.5 Å². The van der Waals surface area contributed by atoms with E-state index in [4.69, 9.17) is 14.2 Å². The van der Waals surface area contributed by atoms with Crippen molar-refractivity contribution in [2.24, 2.45) is 0 Å². The van der Waals surface area contributed by atoms with E-state index in [1.807, 2.05) is 26.0 Å². The number of nitrogens with one attached hydrogen (secondary N) is 1. The van der Waals surface area contributed by atoms with Gasteiger partial charge in [0.15, 0.2) is 11.5 Å². The predicted molar refractivity (Wildman–Crippen MR) is 85.1 cm³/mol. The first-order chi connectivity index (χ1) is 10.1. The van der Waals surface area contributed by atoms with Crippen molar-refractivity contribution in [1.82, 2.24) is 5.32 Å². The molecular weight excluding hydrogens is 338 g/mol. The molecule has 1 aromatic rings. The summed E-state index contributed by atoms with van der Waals surface area (Å²) in [5.74, 6) is 1.27. The van der Waals surface area contributed by atoms with Crippen molar-refractivity contribution < 1.29 is 19.0 Å². The van der Waals surface area contributed by atoms with Gasteiger partial charge in [-0.1, -0.05) is 15.9 Å². The van der Waals surface area contributed by atoms with Crippen molar-refractivity contribution in [2.45, 2.75) is 20.3 Å². The molecule has 1 aromatic carbocycles. The summed E-state index contributed by atoms with van der Waals surface area (Å²) < 4.78 is 16.8. The number of carbonyl (C=O) groups is 1. The van der Waals surface area contributed by atoms with Crippen molar-refractivity contribution in [2.75, 3.05) is 33.5 Å². The molecule has 0 atom stereocenters. The standard InChI is InChI=1S/C15H22BrNO4/c1-4-20-13-8-11(9-15(18)17-6-7-19-3)12(16)10-14(13)21-5-2/h8,10H,4-7,9H2,1-3H3,(H,17,18). The predicted octanol–water partition coefficient (Wildman–Crippen LogP) is 2.55. The lowest BCUT2D eigenvalue weighted by Gasteiger charge is -2.14. The maximum Gasteiger partial charge on any atom is 0.224 e. The first-order valence-electron chi connectivity index (χ1n) is 6.96. The van der Waals surface area contributed by atoms with E-state index >= 15 is 0 Å². The van der Waals surface area contributed by atoms with Crippen LogP contribution < -0.4 is 14.8 Å². The van der Waals surface area contributed by atoms with E-state index < -0.39 is 0 Å². The van der Waals surface area contributed by atoms with Crippen molar-refractivity contribution >= 4 is 21.8 Å². The van der Waals surface area contributed by atoms with Gasteiger partial charge in [0.1, 0.15) is 0 Å². The first-order valence-corrected chi connectivity index (χ1v) is 7.75. The molecule has 1 amide bonds. The molecule has 5 nitrogen and oxygen atoms in total. The number of halogens is 1. The smallest absolute Gasteiger partial charge is 0.224 e. The fourth-order valence-electron chi connectivity index (χ4n) is 1.78. The van der Waals surface area contributed by atoms with E-state index in [9.17, 15) is 4.79 Å². The average Bonchev–Trinajstić information content (AvgIpc) is 2.44. The number of methoxy groups -OCH3 is 1. The molecule has 1 rings (SSSR count). The van der Waals surface area contributed by atoms with Gasteiger partial charge >= 0.3 is 0 Å². The van der Waals surface area contributed by atoms with Crippen LogP contribution in [0, 0.1) is 0 Å². The topological polar surface area (TPSA) is 56.8 Å². The van der Waals surface area contributed by atoms with Gasteiger partial charge in [0.05, 0.1) is 26.2 Å². The van der Waals surface area contributed by atoms with Crippen LogP contribution in [0.4, 0.5) is 0 Å². The molecule has 0 aliphatic heterocycles. The van der Waals surface area contributed by atoms with Gasteiger partial charge in [-0.25, -0.2) is 0 Å². The molecule has 6 heteroatoms. The highest BCUT2D eigenvalue weighted by molar-refractivity contribution is 9.10. The maximum absolute atomic E-state index is 11.9. The Morgan fingerprint density at radius 3 is 2.38 bits per heavy atom. The van der Waals surface area contributed by atoms with Gasteiger partial charge in [0.25, 0.3) is 0 Å². The largest absolute Gasteiger partial charge is 0.490 e. The van der Waals surface area contributed by atoms with Crippen molar-refractivity contribution in [3.05, 3.63) is 22.2 Å². The quantitative estimate of drug-likeness (QED) is 0.688. The summed E-state index contributed by atoms with van der Waals surface area (Å²) in [6.07, 6.45) is 0.275. The van der Waals surface area contributed by atoms with Gasteiger partial charge in [-0.2, -0.15) is 0 Å². The van der Waals surface area contributed by atoms with Crippen molar-refractivity contribution in [1.29, 1.82) is 0 Å². The zero-order chi connectivity index (χ0) is 15.7. The lowest BCUT2D eigenvalue weighted by Crippen LogP contribution is -2.28. The molecule has 0 aliphatic carbocycles. The Kier molecular flexibility index (Phi) is 8.15. The van der Waals surface area contributed by atoms with E-state index in [-0.39, 0.29) is 12.3 Å². The van der Waals surface area contributed by atoms with Crippen molar-refractivity contribution in [3.8, 4) is 11.5 Å². The lowest BCUT2D eigenvalue weighted by molar-refractivity contribution is -0.120. The molecule has 0 unspecified atom stereocenters. The Hall–Kier alpha value is -1.27. The molecule has 21 heavy (non-hydrogen) atoms. The fourth-order valence-corrected chi connectivity index (χ4v) is 2.24. The summed E-state index contributed by atoms with van der Waals surface area (Å²) in [7, 11) is 1.60. The van der Waals surface area contributed by atoms with Crippen LogP contribution in [-0.4, -0.2) is 39.4 Å². The minimum atomic E-state index is -0.0561. The number of rotatable bonds is 9.